The first-order valence-corrected chi connectivity index (χ1v) is 7.57. The number of benzene rings is 2. The topological polar surface area (TPSA) is 58.2 Å². The van der Waals surface area contributed by atoms with Crippen LogP contribution in [-0.4, -0.2) is 24.4 Å². The SMILES string of the molecule is C[C@H](CCNC(=O)c1ccccc1F)NC(=O)c1ccccc1F. The fourth-order valence-corrected chi connectivity index (χ4v) is 2.16. The van der Waals surface area contributed by atoms with Crippen LogP contribution >= 0.6 is 0 Å². The first-order chi connectivity index (χ1) is 11.5. The Bertz CT molecular complexity index is 734. The molecule has 0 bridgehead atoms. The summed E-state index contributed by atoms with van der Waals surface area (Å²) >= 11 is 0. The number of nitrogens with one attached hydrogen (secondary N) is 2. The highest BCUT2D eigenvalue weighted by molar-refractivity contribution is 5.95. The van der Waals surface area contributed by atoms with Gasteiger partial charge in [-0.15, -0.1) is 0 Å². The molecule has 0 spiro atoms. The van der Waals surface area contributed by atoms with Gasteiger partial charge in [-0.3, -0.25) is 9.59 Å². The fraction of sp³-hybridized carbons (Fsp3) is 0.222. The Kier molecular flexibility index (Phi) is 6.01. The third-order valence-corrected chi connectivity index (χ3v) is 3.48. The lowest BCUT2D eigenvalue weighted by Gasteiger charge is -2.14. The summed E-state index contributed by atoms with van der Waals surface area (Å²) in [6.07, 6.45) is 0.431. The van der Waals surface area contributed by atoms with Crippen molar-refractivity contribution in [2.75, 3.05) is 6.54 Å². The fourth-order valence-electron chi connectivity index (χ4n) is 2.16. The van der Waals surface area contributed by atoms with Crippen LogP contribution in [0.3, 0.4) is 0 Å². The summed E-state index contributed by atoms with van der Waals surface area (Å²) in [5.74, 6) is -2.20. The minimum absolute atomic E-state index is 0.0273. The third-order valence-electron chi connectivity index (χ3n) is 3.48. The van der Waals surface area contributed by atoms with E-state index < -0.39 is 23.4 Å². The smallest absolute Gasteiger partial charge is 0.254 e. The van der Waals surface area contributed by atoms with Crippen LogP contribution in [0.4, 0.5) is 8.78 Å². The number of amides is 2. The summed E-state index contributed by atoms with van der Waals surface area (Å²) in [5, 5.41) is 5.25. The zero-order chi connectivity index (χ0) is 17.5. The molecule has 0 saturated carbocycles. The molecule has 0 aliphatic rings. The van der Waals surface area contributed by atoms with Crippen molar-refractivity contribution < 1.29 is 18.4 Å². The molecule has 0 aliphatic carbocycles. The van der Waals surface area contributed by atoms with Crippen LogP contribution in [0.15, 0.2) is 48.5 Å². The molecule has 1 atom stereocenters. The van der Waals surface area contributed by atoms with Crippen molar-refractivity contribution in [1.29, 1.82) is 0 Å². The van der Waals surface area contributed by atoms with Crippen LogP contribution in [0.25, 0.3) is 0 Å². The average Bonchev–Trinajstić information content (AvgIpc) is 2.55. The minimum atomic E-state index is -0.588. The second-order valence-corrected chi connectivity index (χ2v) is 5.38. The molecule has 2 aromatic rings. The highest BCUT2D eigenvalue weighted by atomic mass is 19.1. The number of hydrogen-bond acceptors (Lipinski definition) is 2. The Morgan fingerprint density at radius 2 is 1.42 bits per heavy atom. The molecule has 2 rings (SSSR count). The molecule has 0 fully saturated rings. The molecule has 0 aromatic heterocycles. The molecule has 0 heterocycles. The van der Waals surface area contributed by atoms with Crippen LogP contribution in [0.5, 0.6) is 0 Å². The lowest BCUT2D eigenvalue weighted by atomic mass is 10.1. The van der Waals surface area contributed by atoms with Crippen LogP contribution in [-0.2, 0) is 0 Å². The van der Waals surface area contributed by atoms with Crippen molar-refractivity contribution in [2.45, 2.75) is 19.4 Å². The first-order valence-electron chi connectivity index (χ1n) is 7.57. The maximum Gasteiger partial charge on any atom is 0.254 e. The van der Waals surface area contributed by atoms with Gasteiger partial charge in [0.05, 0.1) is 11.1 Å². The Balaban J connectivity index is 1.80. The van der Waals surface area contributed by atoms with Crippen molar-refractivity contribution in [3.63, 3.8) is 0 Å². The molecule has 126 valence electrons. The third kappa shape index (κ3) is 4.62. The predicted molar refractivity (Wildman–Crippen MR) is 86.7 cm³/mol. The predicted octanol–water partition coefficient (Wildman–Crippen LogP) is 2.90. The summed E-state index contributed by atoms with van der Waals surface area (Å²) in [6, 6.07) is 11.1. The van der Waals surface area contributed by atoms with Gasteiger partial charge < -0.3 is 10.6 Å². The van der Waals surface area contributed by atoms with Gasteiger partial charge in [-0.1, -0.05) is 24.3 Å². The van der Waals surface area contributed by atoms with Crippen LogP contribution < -0.4 is 10.6 Å². The normalized spacial score (nSPS) is 11.6. The molecular formula is C18H18F2N2O2. The summed E-state index contributed by atoms with van der Waals surface area (Å²) in [4.78, 5) is 23.8. The van der Waals surface area contributed by atoms with Gasteiger partial charge in [0, 0.05) is 12.6 Å². The lowest BCUT2D eigenvalue weighted by molar-refractivity contribution is 0.0933. The molecule has 6 heteroatoms. The molecule has 4 nitrogen and oxygen atoms in total. The van der Waals surface area contributed by atoms with Crippen molar-refractivity contribution >= 4 is 11.8 Å². The van der Waals surface area contributed by atoms with Gasteiger partial charge in [0.25, 0.3) is 11.8 Å². The van der Waals surface area contributed by atoms with E-state index in [1.165, 1.54) is 36.4 Å². The van der Waals surface area contributed by atoms with Crippen LogP contribution in [0, 0.1) is 11.6 Å². The number of halogens is 2. The highest BCUT2D eigenvalue weighted by Crippen LogP contribution is 2.07. The monoisotopic (exact) mass is 332 g/mol. The Morgan fingerprint density at radius 3 is 1.96 bits per heavy atom. The average molecular weight is 332 g/mol. The van der Waals surface area contributed by atoms with E-state index in [0.717, 1.165) is 0 Å². The van der Waals surface area contributed by atoms with Gasteiger partial charge >= 0.3 is 0 Å². The van der Waals surface area contributed by atoms with Crippen molar-refractivity contribution in [2.24, 2.45) is 0 Å². The molecule has 2 aromatic carbocycles. The summed E-state index contributed by atoms with van der Waals surface area (Å²) in [5.41, 5.74) is -0.0553. The van der Waals surface area contributed by atoms with E-state index in [0.29, 0.717) is 6.42 Å². The van der Waals surface area contributed by atoms with E-state index in [1.807, 2.05) is 0 Å². The second kappa shape index (κ2) is 8.19. The quantitative estimate of drug-likeness (QED) is 0.854. The molecule has 2 N–H and O–H groups in total. The Morgan fingerprint density at radius 1 is 0.917 bits per heavy atom. The first kappa shape index (κ1) is 17.6. The van der Waals surface area contributed by atoms with Gasteiger partial charge in [-0.2, -0.15) is 0 Å². The molecule has 0 aliphatic heterocycles. The molecule has 24 heavy (non-hydrogen) atoms. The van der Waals surface area contributed by atoms with Gasteiger partial charge in [-0.05, 0) is 37.6 Å². The maximum atomic E-state index is 13.5. The van der Waals surface area contributed by atoms with E-state index in [2.05, 4.69) is 10.6 Å². The standard InChI is InChI=1S/C18H18F2N2O2/c1-12(22-18(24)14-7-3-5-9-16(14)20)10-11-21-17(23)13-6-2-4-8-15(13)19/h2-9,12H,10-11H2,1H3,(H,21,23)(H,22,24)/t12-/m1/s1. The summed E-state index contributed by atoms with van der Waals surface area (Å²) in [6.45, 7) is 2.00. The van der Waals surface area contributed by atoms with E-state index in [1.54, 1.807) is 19.1 Å². The zero-order valence-electron chi connectivity index (χ0n) is 13.2. The van der Waals surface area contributed by atoms with E-state index >= 15 is 0 Å². The van der Waals surface area contributed by atoms with Gasteiger partial charge in [0.15, 0.2) is 0 Å². The minimum Gasteiger partial charge on any atom is -0.352 e. The molecule has 0 unspecified atom stereocenters. The highest BCUT2D eigenvalue weighted by Gasteiger charge is 2.14. The number of carbonyl (C=O) groups is 2. The maximum absolute atomic E-state index is 13.5. The van der Waals surface area contributed by atoms with Crippen molar-refractivity contribution in [3.05, 3.63) is 71.3 Å². The summed E-state index contributed by atoms with van der Waals surface area (Å²) in [7, 11) is 0. The largest absolute Gasteiger partial charge is 0.352 e. The zero-order valence-corrected chi connectivity index (χ0v) is 13.2. The van der Waals surface area contributed by atoms with Gasteiger partial charge in [0.2, 0.25) is 0 Å². The molecule has 2 amide bonds. The molecule has 0 saturated heterocycles. The number of rotatable bonds is 6. The molecular weight excluding hydrogens is 314 g/mol. The number of carbonyl (C=O) groups excluding carboxylic acids is 2. The Labute approximate surface area is 138 Å². The van der Waals surface area contributed by atoms with Crippen molar-refractivity contribution in [1.82, 2.24) is 10.6 Å². The van der Waals surface area contributed by atoms with E-state index in [-0.39, 0.29) is 23.7 Å². The van der Waals surface area contributed by atoms with Gasteiger partial charge in [0.1, 0.15) is 11.6 Å². The second-order valence-electron chi connectivity index (χ2n) is 5.38. The van der Waals surface area contributed by atoms with Crippen LogP contribution in [0.1, 0.15) is 34.1 Å². The van der Waals surface area contributed by atoms with Crippen LogP contribution in [0.2, 0.25) is 0 Å². The van der Waals surface area contributed by atoms with Gasteiger partial charge in [-0.25, -0.2) is 8.78 Å². The summed E-state index contributed by atoms with van der Waals surface area (Å²) < 4.78 is 27.0. The molecule has 0 radical (unpaired) electrons. The Hall–Kier alpha value is -2.76. The number of hydrogen-bond donors (Lipinski definition) is 2. The van der Waals surface area contributed by atoms with E-state index in [4.69, 9.17) is 0 Å². The lowest BCUT2D eigenvalue weighted by Crippen LogP contribution is -2.36. The van der Waals surface area contributed by atoms with E-state index in [9.17, 15) is 18.4 Å². The van der Waals surface area contributed by atoms with Crippen molar-refractivity contribution in [3.8, 4) is 0 Å².